The van der Waals surface area contributed by atoms with Crippen molar-refractivity contribution >= 4 is 6.21 Å². The lowest BCUT2D eigenvalue weighted by molar-refractivity contribution is 0.305. The van der Waals surface area contributed by atoms with Crippen LogP contribution in [0.15, 0.2) is 29.6 Å². The van der Waals surface area contributed by atoms with Gasteiger partial charge in [-0.2, -0.15) is 0 Å². The van der Waals surface area contributed by atoms with Crippen molar-refractivity contribution in [3.63, 3.8) is 0 Å². The fraction of sp³-hybridized carbons (Fsp3) is 0.167. The maximum Gasteiger partial charge on any atom is 0.122 e. The van der Waals surface area contributed by atoms with E-state index in [1.807, 2.05) is 6.08 Å². The first-order chi connectivity index (χ1) is 4.00. The molecule has 0 fully saturated rings. The summed E-state index contributed by atoms with van der Waals surface area (Å²) < 4.78 is 4.89. The molecule has 1 rings (SSSR count). The van der Waals surface area contributed by atoms with Gasteiger partial charge in [0.1, 0.15) is 6.61 Å². The van der Waals surface area contributed by atoms with Crippen LogP contribution in [0.25, 0.3) is 0 Å². The normalized spacial score (nSPS) is 29.0. The molecule has 0 saturated heterocycles. The van der Waals surface area contributed by atoms with Gasteiger partial charge in [0.05, 0.1) is 6.26 Å². The van der Waals surface area contributed by atoms with Gasteiger partial charge in [0.15, 0.2) is 0 Å². The molecular weight excluding hydrogens is 102 g/mol. The first-order valence-electron chi connectivity index (χ1n) is 2.45. The number of hydrogen-bond acceptors (Lipinski definition) is 2. The Kier molecular flexibility index (Phi) is 1.92. The minimum Gasteiger partial charge on any atom is -0.496 e. The zero-order valence-corrected chi connectivity index (χ0v) is 4.45. The molecule has 0 aromatic rings. The second kappa shape index (κ2) is 3.02. The zero-order valence-electron chi connectivity index (χ0n) is 4.45. The Morgan fingerprint density at radius 2 is 2.38 bits per heavy atom. The molecule has 0 unspecified atom stereocenters. The molecule has 0 radical (unpaired) electrons. The van der Waals surface area contributed by atoms with Crippen LogP contribution >= 0.6 is 0 Å². The molecule has 0 aliphatic carbocycles. The van der Waals surface area contributed by atoms with E-state index < -0.39 is 0 Å². The van der Waals surface area contributed by atoms with Crippen LogP contribution in [0.5, 0.6) is 0 Å². The maximum atomic E-state index is 4.89. The van der Waals surface area contributed by atoms with Crippen molar-refractivity contribution in [3.8, 4) is 0 Å². The monoisotopic (exact) mass is 109 g/mol. The summed E-state index contributed by atoms with van der Waals surface area (Å²) in [5, 5.41) is 0. The highest BCUT2D eigenvalue weighted by Crippen LogP contribution is 1.83. The summed E-state index contributed by atoms with van der Waals surface area (Å²) in [6.45, 7) is 0.570. The van der Waals surface area contributed by atoms with Gasteiger partial charge < -0.3 is 4.74 Å². The Hall–Kier alpha value is -1.05. The number of allylic oxidation sites excluding steroid dienone is 2. The summed E-state index contributed by atoms with van der Waals surface area (Å²) in [5.41, 5.74) is 0. The Labute approximate surface area is 48.2 Å². The Morgan fingerprint density at radius 1 is 1.38 bits per heavy atom. The van der Waals surface area contributed by atoms with Crippen molar-refractivity contribution in [3.05, 3.63) is 24.6 Å². The van der Waals surface area contributed by atoms with Crippen LogP contribution in [0, 0.1) is 0 Å². The van der Waals surface area contributed by atoms with E-state index in [0.717, 1.165) is 0 Å². The number of aliphatic imine (C=N–C) groups is 1. The lowest BCUT2D eigenvalue weighted by atomic mass is 10.6. The molecule has 42 valence electrons. The van der Waals surface area contributed by atoms with Crippen molar-refractivity contribution in [2.24, 2.45) is 4.99 Å². The molecule has 0 aromatic heterocycles. The molecule has 0 aromatic carbocycles. The average molecular weight is 109 g/mol. The van der Waals surface area contributed by atoms with E-state index in [9.17, 15) is 0 Å². The van der Waals surface area contributed by atoms with Gasteiger partial charge in [-0.05, 0) is 12.2 Å². The fourth-order valence-corrected chi connectivity index (χ4v) is 0.403. The van der Waals surface area contributed by atoms with Crippen molar-refractivity contribution in [2.45, 2.75) is 0 Å². The van der Waals surface area contributed by atoms with Gasteiger partial charge in [0, 0.05) is 12.4 Å². The molecule has 0 amide bonds. The van der Waals surface area contributed by atoms with Crippen molar-refractivity contribution < 1.29 is 4.74 Å². The molecule has 0 atom stereocenters. The smallest absolute Gasteiger partial charge is 0.122 e. The van der Waals surface area contributed by atoms with E-state index in [0.29, 0.717) is 6.61 Å². The minimum absolute atomic E-state index is 0.570. The Bertz CT molecular complexity index is 119. The number of hydrogen-bond donors (Lipinski definition) is 0. The highest BCUT2D eigenvalue weighted by molar-refractivity contribution is 5.59. The second-order valence-corrected chi connectivity index (χ2v) is 1.34. The first kappa shape index (κ1) is 5.09. The lowest BCUT2D eigenvalue weighted by Gasteiger charge is -1.92. The zero-order chi connectivity index (χ0) is 5.66. The number of ether oxygens (including phenoxy) is 1. The van der Waals surface area contributed by atoms with Gasteiger partial charge in [-0.1, -0.05) is 0 Å². The van der Waals surface area contributed by atoms with E-state index in [1.54, 1.807) is 24.8 Å². The van der Waals surface area contributed by atoms with Crippen molar-refractivity contribution in [2.75, 3.05) is 6.61 Å². The average Bonchev–Trinajstić information content (AvgIpc) is 1.62. The molecule has 2 nitrogen and oxygen atoms in total. The number of nitrogens with zero attached hydrogens (tertiary/aromatic N) is 1. The van der Waals surface area contributed by atoms with Crippen LogP contribution in [0.4, 0.5) is 0 Å². The van der Waals surface area contributed by atoms with Gasteiger partial charge in [-0.25, -0.2) is 0 Å². The second-order valence-electron chi connectivity index (χ2n) is 1.34. The van der Waals surface area contributed by atoms with Crippen molar-refractivity contribution in [1.29, 1.82) is 0 Å². The summed E-state index contributed by atoms with van der Waals surface area (Å²) in [7, 11) is 0. The number of rotatable bonds is 0. The van der Waals surface area contributed by atoms with Crippen LogP contribution < -0.4 is 0 Å². The van der Waals surface area contributed by atoms with E-state index in [2.05, 4.69) is 4.99 Å². The predicted molar refractivity (Wildman–Crippen MR) is 32.7 cm³/mol. The molecule has 1 heterocycles. The first-order valence-corrected chi connectivity index (χ1v) is 2.45. The van der Waals surface area contributed by atoms with Gasteiger partial charge in [0.25, 0.3) is 0 Å². The van der Waals surface area contributed by atoms with Gasteiger partial charge in [0.2, 0.25) is 0 Å². The molecule has 0 bridgehead atoms. The quantitative estimate of drug-likeness (QED) is 0.456. The van der Waals surface area contributed by atoms with Crippen LogP contribution in [0.2, 0.25) is 0 Å². The van der Waals surface area contributed by atoms with Gasteiger partial charge in [-0.3, -0.25) is 4.99 Å². The SMILES string of the molecule is C1=C\N=C/CO\C=C/1. The molecule has 2 heteroatoms. The predicted octanol–water partition coefficient (Wildman–Crippen LogP) is 1.11. The third kappa shape index (κ3) is 1.60. The van der Waals surface area contributed by atoms with Gasteiger partial charge in [-0.15, -0.1) is 0 Å². The van der Waals surface area contributed by atoms with Gasteiger partial charge >= 0.3 is 0 Å². The summed E-state index contributed by atoms with van der Waals surface area (Å²) in [6.07, 6.45) is 8.69. The lowest BCUT2D eigenvalue weighted by Crippen LogP contribution is -1.87. The summed E-state index contributed by atoms with van der Waals surface area (Å²) in [4.78, 5) is 3.85. The molecule has 0 spiro atoms. The van der Waals surface area contributed by atoms with Crippen LogP contribution in [0.1, 0.15) is 0 Å². The van der Waals surface area contributed by atoms with E-state index in [4.69, 9.17) is 4.74 Å². The van der Waals surface area contributed by atoms with Crippen molar-refractivity contribution in [1.82, 2.24) is 0 Å². The largest absolute Gasteiger partial charge is 0.496 e. The molecule has 1 aliphatic heterocycles. The Balaban J connectivity index is 2.51. The molecule has 8 heavy (non-hydrogen) atoms. The molecule has 1 aliphatic rings. The van der Waals surface area contributed by atoms with E-state index >= 15 is 0 Å². The molecule has 0 saturated carbocycles. The summed E-state index contributed by atoms with van der Waals surface area (Å²) in [6, 6.07) is 0. The minimum atomic E-state index is 0.570. The van der Waals surface area contributed by atoms with E-state index in [1.165, 1.54) is 0 Å². The fourth-order valence-electron chi connectivity index (χ4n) is 0.403. The highest BCUT2D eigenvalue weighted by atomic mass is 16.5. The van der Waals surface area contributed by atoms with Crippen LogP contribution in [0.3, 0.4) is 0 Å². The molecule has 0 N–H and O–H groups in total. The van der Waals surface area contributed by atoms with E-state index in [-0.39, 0.29) is 0 Å². The van der Waals surface area contributed by atoms with Crippen LogP contribution in [-0.2, 0) is 4.74 Å². The maximum absolute atomic E-state index is 4.89. The molecular formula is C6H7NO. The standard InChI is InChI=1S/C6H7NO/c1-2-5-8-6-4-7-3-1/h1-5H,6H2/b3-1-,5-2-,7-4-. The summed E-state index contributed by atoms with van der Waals surface area (Å²) in [5.74, 6) is 0. The third-order valence-corrected chi connectivity index (χ3v) is 0.734. The Morgan fingerprint density at radius 3 is 3.38 bits per heavy atom. The summed E-state index contributed by atoms with van der Waals surface area (Å²) >= 11 is 0. The van der Waals surface area contributed by atoms with Crippen LogP contribution in [-0.4, -0.2) is 12.8 Å². The topological polar surface area (TPSA) is 21.6 Å². The third-order valence-electron chi connectivity index (χ3n) is 0.734. The highest BCUT2D eigenvalue weighted by Gasteiger charge is 1.74.